The zero-order chi connectivity index (χ0) is 19.4. The van der Waals surface area contributed by atoms with Crippen LogP contribution in [0.25, 0.3) is 10.9 Å². The van der Waals surface area contributed by atoms with Gasteiger partial charge < -0.3 is 29.4 Å². The molecule has 0 spiro atoms. The number of aromatic amines is 1. The Bertz CT molecular complexity index is 845. The van der Waals surface area contributed by atoms with Crippen molar-refractivity contribution in [1.29, 1.82) is 0 Å². The van der Waals surface area contributed by atoms with Crippen LogP contribution < -0.4 is 19.7 Å². The fourth-order valence-corrected chi connectivity index (χ4v) is 4.22. The quantitative estimate of drug-likeness (QED) is 0.620. The summed E-state index contributed by atoms with van der Waals surface area (Å²) in [6.07, 6.45) is 0. The minimum absolute atomic E-state index is 0.141. The van der Waals surface area contributed by atoms with E-state index in [1.54, 1.807) is 12.1 Å². The smallest absolute Gasteiger partial charge is 0.356 e. The lowest BCUT2D eigenvalue weighted by Gasteiger charge is -2.22. The molecule has 1 aliphatic rings. The third kappa shape index (κ3) is 4.14. The topological polar surface area (TPSA) is 94.1 Å². The van der Waals surface area contributed by atoms with Crippen LogP contribution in [0.5, 0.6) is 11.5 Å². The molecule has 0 radical (unpaired) electrons. The van der Waals surface area contributed by atoms with Crippen molar-refractivity contribution in [1.82, 2.24) is 4.98 Å². The molecule has 1 aliphatic heterocycles. The van der Waals surface area contributed by atoms with E-state index in [2.05, 4.69) is 10.3 Å². The summed E-state index contributed by atoms with van der Waals surface area (Å²) in [5, 5.41) is 3.55. The third-order valence-corrected chi connectivity index (χ3v) is 5.55. The van der Waals surface area contributed by atoms with Gasteiger partial charge in [-0.05, 0) is 6.07 Å². The maximum absolute atomic E-state index is 12.6. The van der Waals surface area contributed by atoms with Crippen LogP contribution in [0.2, 0.25) is 0 Å². The van der Waals surface area contributed by atoms with Gasteiger partial charge in [-0.3, -0.25) is 4.79 Å². The van der Waals surface area contributed by atoms with Crippen LogP contribution in [0.1, 0.15) is 10.5 Å². The van der Waals surface area contributed by atoms with Gasteiger partial charge in [-0.15, -0.1) is 0 Å². The van der Waals surface area contributed by atoms with Crippen molar-refractivity contribution in [2.45, 2.75) is 0 Å². The lowest BCUT2D eigenvalue weighted by atomic mass is 10.2. The highest BCUT2D eigenvalue weighted by atomic mass is 32.2. The fourth-order valence-electron chi connectivity index (χ4n) is 3.15. The number of anilines is 1. The maximum atomic E-state index is 12.6. The standard InChI is InChI=1S/C18H23N3O5S/c1-24-13-8-11-12(9-14(13)25-2)19-17(18(23)26-3)16(11)20-15(22)10-21-4-6-27-7-5-21/h8-9,19H,4-7,10H2,1-3H3,(H,20,22)/p+1. The van der Waals surface area contributed by atoms with E-state index in [1.165, 1.54) is 26.2 Å². The monoisotopic (exact) mass is 394 g/mol. The number of aromatic nitrogens is 1. The number of thioether (sulfide) groups is 1. The summed E-state index contributed by atoms with van der Waals surface area (Å²) in [5.74, 6) is 2.45. The van der Waals surface area contributed by atoms with Crippen molar-refractivity contribution in [3.05, 3.63) is 17.8 Å². The summed E-state index contributed by atoms with van der Waals surface area (Å²) >= 11 is 1.91. The number of amides is 1. The minimum Gasteiger partial charge on any atom is -0.493 e. The van der Waals surface area contributed by atoms with Crippen LogP contribution >= 0.6 is 11.8 Å². The number of nitrogens with one attached hydrogen (secondary N) is 3. The Morgan fingerprint density at radius 2 is 1.81 bits per heavy atom. The van der Waals surface area contributed by atoms with Gasteiger partial charge in [0, 0.05) is 23.0 Å². The molecule has 3 rings (SSSR count). The lowest BCUT2D eigenvalue weighted by Crippen LogP contribution is -3.14. The highest BCUT2D eigenvalue weighted by molar-refractivity contribution is 7.99. The summed E-state index contributed by atoms with van der Waals surface area (Å²) in [5.41, 5.74) is 1.24. The summed E-state index contributed by atoms with van der Waals surface area (Å²) in [4.78, 5) is 29.1. The van der Waals surface area contributed by atoms with Gasteiger partial charge in [0.2, 0.25) is 0 Å². The zero-order valence-electron chi connectivity index (χ0n) is 15.6. The predicted molar refractivity (Wildman–Crippen MR) is 104 cm³/mol. The molecule has 0 aliphatic carbocycles. The molecular formula is C18H24N3O5S+. The van der Waals surface area contributed by atoms with Crippen molar-refractivity contribution >= 4 is 40.2 Å². The first-order chi connectivity index (χ1) is 13.1. The molecule has 1 aromatic heterocycles. The first kappa shape index (κ1) is 19.4. The molecule has 146 valence electrons. The molecular weight excluding hydrogens is 370 g/mol. The van der Waals surface area contributed by atoms with E-state index < -0.39 is 5.97 Å². The van der Waals surface area contributed by atoms with Crippen molar-refractivity contribution in [3.8, 4) is 11.5 Å². The average Bonchev–Trinajstić information content (AvgIpc) is 3.04. The molecule has 8 nitrogen and oxygen atoms in total. The van der Waals surface area contributed by atoms with Crippen LogP contribution in [0, 0.1) is 0 Å². The number of rotatable bonds is 6. The molecule has 0 atom stereocenters. The number of benzene rings is 1. The van der Waals surface area contributed by atoms with Crippen molar-refractivity contribution in [3.63, 3.8) is 0 Å². The van der Waals surface area contributed by atoms with Crippen molar-refractivity contribution in [2.24, 2.45) is 0 Å². The number of H-pyrrole nitrogens is 1. The Morgan fingerprint density at radius 1 is 1.15 bits per heavy atom. The number of carbonyl (C=O) groups is 2. The Morgan fingerprint density at radius 3 is 2.44 bits per heavy atom. The number of hydrogen-bond donors (Lipinski definition) is 3. The van der Waals surface area contributed by atoms with Gasteiger partial charge in [0.05, 0.1) is 45.6 Å². The third-order valence-electron chi connectivity index (χ3n) is 4.57. The minimum atomic E-state index is -0.554. The van der Waals surface area contributed by atoms with Crippen LogP contribution in [-0.4, -0.2) is 69.3 Å². The molecule has 27 heavy (non-hydrogen) atoms. The molecule has 0 unspecified atom stereocenters. The van der Waals surface area contributed by atoms with Gasteiger partial charge in [0.1, 0.15) is 5.69 Å². The molecule has 3 N–H and O–H groups in total. The SMILES string of the molecule is COC(=O)c1[nH]c2cc(OC)c(OC)cc2c1NC(=O)C[NH+]1CCSCC1. The molecule has 0 saturated carbocycles. The molecule has 2 aromatic rings. The second-order valence-corrected chi connectivity index (χ2v) is 7.43. The van der Waals surface area contributed by atoms with Gasteiger partial charge in [-0.25, -0.2) is 4.79 Å². The number of ether oxygens (including phenoxy) is 3. The van der Waals surface area contributed by atoms with Crippen LogP contribution in [-0.2, 0) is 9.53 Å². The normalized spacial score (nSPS) is 14.8. The van der Waals surface area contributed by atoms with E-state index in [9.17, 15) is 9.59 Å². The largest absolute Gasteiger partial charge is 0.493 e. The average molecular weight is 394 g/mol. The summed E-state index contributed by atoms with van der Waals surface area (Å²) in [7, 11) is 4.37. The van der Waals surface area contributed by atoms with E-state index in [-0.39, 0.29) is 11.6 Å². The van der Waals surface area contributed by atoms with E-state index >= 15 is 0 Å². The van der Waals surface area contributed by atoms with E-state index in [0.29, 0.717) is 34.6 Å². The Kier molecular flexibility index (Phi) is 6.12. The van der Waals surface area contributed by atoms with Crippen LogP contribution in [0.3, 0.4) is 0 Å². The molecule has 1 fully saturated rings. The Labute approximate surface area is 161 Å². The summed E-state index contributed by atoms with van der Waals surface area (Å²) in [6, 6.07) is 3.46. The van der Waals surface area contributed by atoms with Crippen LogP contribution in [0.15, 0.2) is 12.1 Å². The molecule has 0 bridgehead atoms. The molecule has 1 amide bonds. The molecule has 2 heterocycles. The number of hydrogen-bond acceptors (Lipinski definition) is 6. The summed E-state index contributed by atoms with van der Waals surface area (Å²) < 4.78 is 15.5. The van der Waals surface area contributed by atoms with E-state index in [4.69, 9.17) is 14.2 Å². The Hall–Kier alpha value is -2.39. The highest BCUT2D eigenvalue weighted by Gasteiger charge is 2.24. The first-order valence-corrected chi connectivity index (χ1v) is 9.80. The number of carbonyl (C=O) groups excluding carboxylic acids is 2. The Balaban J connectivity index is 1.95. The van der Waals surface area contributed by atoms with E-state index in [0.717, 1.165) is 24.6 Å². The predicted octanol–water partition coefficient (Wildman–Crippen LogP) is 0.542. The maximum Gasteiger partial charge on any atom is 0.356 e. The number of esters is 1. The summed E-state index contributed by atoms with van der Waals surface area (Å²) in [6.45, 7) is 2.28. The van der Waals surface area contributed by atoms with Gasteiger partial charge in [0.25, 0.3) is 5.91 Å². The molecule has 1 aromatic carbocycles. The number of quaternary nitrogens is 1. The fraction of sp³-hybridized carbons (Fsp3) is 0.444. The van der Waals surface area contributed by atoms with E-state index in [1.807, 2.05) is 11.8 Å². The lowest BCUT2D eigenvalue weighted by molar-refractivity contribution is -0.887. The molecule has 9 heteroatoms. The highest BCUT2D eigenvalue weighted by Crippen LogP contribution is 2.37. The van der Waals surface area contributed by atoms with Crippen molar-refractivity contribution in [2.75, 3.05) is 57.8 Å². The second-order valence-electron chi connectivity index (χ2n) is 6.21. The van der Waals surface area contributed by atoms with Gasteiger partial charge in [0.15, 0.2) is 18.0 Å². The molecule has 1 saturated heterocycles. The number of fused-ring (bicyclic) bond motifs is 1. The van der Waals surface area contributed by atoms with Crippen LogP contribution in [0.4, 0.5) is 5.69 Å². The van der Waals surface area contributed by atoms with Gasteiger partial charge >= 0.3 is 5.97 Å². The van der Waals surface area contributed by atoms with Gasteiger partial charge in [-0.1, -0.05) is 0 Å². The second kappa shape index (κ2) is 8.53. The zero-order valence-corrected chi connectivity index (χ0v) is 16.5. The number of methoxy groups -OCH3 is 3. The van der Waals surface area contributed by atoms with Gasteiger partial charge in [-0.2, -0.15) is 11.8 Å². The first-order valence-electron chi connectivity index (χ1n) is 8.64. The van der Waals surface area contributed by atoms with Crippen molar-refractivity contribution < 1.29 is 28.7 Å².